The van der Waals surface area contributed by atoms with Crippen molar-refractivity contribution in [3.63, 3.8) is 0 Å². The van der Waals surface area contributed by atoms with Crippen molar-refractivity contribution in [1.29, 1.82) is 0 Å². The largest absolute Gasteiger partial charge is 0.367 e. The number of rotatable bonds is 5. The van der Waals surface area contributed by atoms with Crippen molar-refractivity contribution in [3.05, 3.63) is 54.5 Å². The summed E-state index contributed by atoms with van der Waals surface area (Å²) in [5.41, 5.74) is 2.10. The van der Waals surface area contributed by atoms with E-state index >= 15 is 0 Å². The molecule has 0 radical (unpaired) electrons. The Hall–Kier alpha value is -3.22. The van der Waals surface area contributed by atoms with Crippen molar-refractivity contribution in [3.8, 4) is 11.4 Å². The van der Waals surface area contributed by atoms with E-state index in [9.17, 15) is 4.79 Å². The van der Waals surface area contributed by atoms with Gasteiger partial charge in [0.25, 0.3) is 5.91 Å². The van der Waals surface area contributed by atoms with E-state index in [1.54, 1.807) is 18.3 Å². The second kappa shape index (κ2) is 6.91. The van der Waals surface area contributed by atoms with Gasteiger partial charge in [-0.2, -0.15) is 5.10 Å². The first-order valence-electron chi connectivity index (χ1n) is 7.62. The molecule has 0 fully saturated rings. The molecule has 2 aromatic heterocycles. The van der Waals surface area contributed by atoms with E-state index in [4.69, 9.17) is 0 Å². The Morgan fingerprint density at radius 2 is 1.92 bits per heavy atom. The second-order valence-corrected chi connectivity index (χ2v) is 5.56. The molecule has 7 heteroatoms. The van der Waals surface area contributed by atoms with E-state index in [1.807, 2.05) is 38.1 Å². The van der Waals surface area contributed by atoms with E-state index in [0.29, 0.717) is 22.9 Å². The highest BCUT2D eigenvalue weighted by atomic mass is 16.1. The molecular weight excluding hydrogens is 304 g/mol. The topological polar surface area (TPSA) is 95.6 Å². The van der Waals surface area contributed by atoms with Crippen LogP contribution >= 0.6 is 0 Å². The smallest absolute Gasteiger partial charge is 0.259 e. The van der Waals surface area contributed by atoms with Gasteiger partial charge in [0, 0.05) is 23.5 Å². The van der Waals surface area contributed by atoms with Crippen LogP contribution in [-0.4, -0.2) is 32.1 Å². The molecule has 0 aliphatic rings. The van der Waals surface area contributed by atoms with Gasteiger partial charge in [0.2, 0.25) is 0 Å². The van der Waals surface area contributed by atoms with Crippen molar-refractivity contribution in [1.82, 2.24) is 20.2 Å². The highest BCUT2D eigenvalue weighted by Crippen LogP contribution is 2.19. The Morgan fingerprint density at radius 3 is 2.58 bits per heavy atom. The molecule has 122 valence electrons. The first-order chi connectivity index (χ1) is 11.6. The number of hydrogen-bond acceptors (Lipinski definition) is 5. The minimum Gasteiger partial charge on any atom is -0.367 e. The summed E-state index contributed by atoms with van der Waals surface area (Å²) in [6, 6.07) is 11.1. The van der Waals surface area contributed by atoms with E-state index < -0.39 is 0 Å². The Balaban J connectivity index is 1.75. The number of benzene rings is 1. The second-order valence-electron chi connectivity index (χ2n) is 5.56. The summed E-state index contributed by atoms with van der Waals surface area (Å²) in [4.78, 5) is 20.8. The summed E-state index contributed by atoms with van der Waals surface area (Å²) < 4.78 is 0. The number of carbonyl (C=O) groups excluding carboxylic acids is 1. The molecule has 3 aromatic rings. The molecule has 7 nitrogen and oxygen atoms in total. The van der Waals surface area contributed by atoms with Crippen LogP contribution in [0.15, 0.2) is 48.9 Å². The number of aromatic amines is 1. The molecule has 1 aromatic carbocycles. The molecule has 0 aliphatic carbocycles. The number of pyridine rings is 1. The number of H-pyrrole nitrogens is 1. The Morgan fingerprint density at radius 1 is 1.12 bits per heavy atom. The quantitative estimate of drug-likeness (QED) is 0.671. The van der Waals surface area contributed by atoms with E-state index in [1.165, 1.54) is 6.33 Å². The molecule has 2 heterocycles. The average Bonchev–Trinajstić information content (AvgIpc) is 3.10. The van der Waals surface area contributed by atoms with Gasteiger partial charge in [0.05, 0.1) is 5.56 Å². The summed E-state index contributed by atoms with van der Waals surface area (Å²) >= 11 is 0. The zero-order valence-corrected chi connectivity index (χ0v) is 13.4. The zero-order valence-electron chi connectivity index (χ0n) is 13.4. The molecule has 0 saturated carbocycles. The van der Waals surface area contributed by atoms with Gasteiger partial charge in [-0.3, -0.25) is 9.89 Å². The number of anilines is 2. The number of nitrogens with one attached hydrogen (secondary N) is 3. The van der Waals surface area contributed by atoms with Gasteiger partial charge in [-0.05, 0) is 50.2 Å². The monoisotopic (exact) mass is 322 g/mol. The lowest BCUT2D eigenvalue weighted by Gasteiger charge is -2.13. The van der Waals surface area contributed by atoms with Gasteiger partial charge in [0.1, 0.15) is 12.1 Å². The van der Waals surface area contributed by atoms with Crippen LogP contribution in [-0.2, 0) is 0 Å². The van der Waals surface area contributed by atoms with Gasteiger partial charge in [-0.1, -0.05) is 0 Å². The maximum Gasteiger partial charge on any atom is 0.259 e. The van der Waals surface area contributed by atoms with Crippen molar-refractivity contribution < 1.29 is 4.79 Å². The van der Waals surface area contributed by atoms with Gasteiger partial charge in [0.15, 0.2) is 5.82 Å². The Kier molecular flexibility index (Phi) is 4.51. The number of nitrogens with zero attached hydrogens (tertiary/aromatic N) is 3. The molecular formula is C17H18N6O. The van der Waals surface area contributed by atoms with Crippen LogP contribution in [0.25, 0.3) is 11.4 Å². The molecule has 0 saturated heterocycles. The first kappa shape index (κ1) is 15.7. The average molecular weight is 322 g/mol. The van der Waals surface area contributed by atoms with Gasteiger partial charge in [-0.25, -0.2) is 9.97 Å². The Labute approximate surface area is 139 Å². The third-order valence-corrected chi connectivity index (χ3v) is 3.31. The molecule has 24 heavy (non-hydrogen) atoms. The molecule has 3 rings (SSSR count). The summed E-state index contributed by atoms with van der Waals surface area (Å²) in [6.45, 7) is 4.00. The summed E-state index contributed by atoms with van der Waals surface area (Å²) in [5, 5.41) is 12.7. The predicted molar refractivity (Wildman–Crippen MR) is 92.8 cm³/mol. The summed E-state index contributed by atoms with van der Waals surface area (Å²) in [7, 11) is 0. The number of hydrogen-bond donors (Lipinski definition) is 3. The highest BCUT2D eigenvalue weighted by Gasteiger charge is 2.13. The van der Waals surface area contributed by atoms with Crippen molar-refractivity contribution in [2.75, 3.05) is 10.6 Å². The molecule has 0 unspecified atom stereocenters. The molecule has 0 aliphatic heterocycles. The van der Waals surface area contributed by atoms with Crippen LogP contribution in [0.2, 0.25) is 0 Å². The summed E-state index contributed by atoms with van der Waals surface area (Å²) in [5.74, 6) is 1.05. The van der Waals surface area contributed by atoms with Crippen LogP contribution in [0.4, 0.5) is 11.5 Å². The van der Waals surface area contributed by atoms with Crippen molar-refractivity contribution in [2.24, 2.45) is 0 Å². The van der Waals surface area contributed by atoms with E-state index in [2.05, 4.69) is 30.8 Å². The molecule has 0 spiro atoms. The van der Waals surface area contributed by atoms with Gasteiger partial charge >= 0.3 is 0 Å². The minimum absolute atomic E-state index is 0.188. The fourth-order valence-electron chi connectivity index (χ4n) is 2.23. The van der Waals surface area contributed by atoms with Crippen LogP contribution in [0.3, 0.4) is 0 Å². The fourth-order valence-corrected chi connectivity index (χ4v) is 2.23. The third kappa shape index (κ3) is 3.57. The molecule has 3 N–H and O–H groups in total. The van der Waals surface area contributed by atoms with Gasteiger partial charge < -0.3 is 10.6 Å². The predicted octanol–water partition coefficient (Wildman–Crippen LogP) is 2.94. The van der Waals surface area contributed by atoms with Crippen LogP contribution in [0, 0.1) is 0 Å². The first-order valence-corrected chi connectivity index (χ1v) is 7.62. The van der Waals surface area contributed by atoms with Crippen molar-refractivity contribution >= 4 is 17.4 Å². The number of amides is 1. The maximum atomic E-state index is 12.5. The van der Waals surface area contributed by atoms with Crippen LogP contribution in [0.1, 0.15) is 24.2 Å². The van der Waals surface area contributed by atoms with Gasteiger partial charge in [-0.15, -0.1) is 0 Å². The standard InChI is InChI=1S/C17H18N6O/c1-11(2)21-16-14(4-3-9-18-16)17(24)22-13-7-5-12(6-8-13)15-19-10-20-23-15/h3-11H,1-2H3,(H,18,21)(H,22,24)(H,19,20,23). The Bertz CT molecular complexity index is 811. The lowest BCUT2D eigenvalue weighted by atomic mass is 10.2. The lowest BCUT2D eigenvalue weighted by molar-refractivity contribution is 0.102. The normalized spacial score (nSPS) is 10.6. The van der Waals surface area contributed by atoms with Crippen LogP contribution < -0.4 is 10.6 Å². The lowest BCUT2D eigenvalue weighted by Crippen LogP contribution is -2.18. The zero-order chi connectivity index (χ0) is 16.9. The summed E-state index contributed by atoms with van der Waals surface area (Å²) in [6.07, 6.45) is 3.12. The SMILES string of the molecule is CC(C)Nc1ncccc1C(=O)Nc1ccc(-c2ncn[nH]2)cc1. The number of carbonyl (C=O) groups is 1. The maximum absolute atomic E-state index is 12.5. The molecule has 0 bridgehead atoms. The van der Waals surface area contributed by atoms with Crippen LogP contribution in [0.5, 0.6) is 0 Å². The van der Waals surface area contributed by atoms with E-state index in [0.717, 1.165) is 5.56 Å². The highest BCUT2D eigenvalue weighted by molar-refractivity contribution is 6.07. The molecule has 1 amide bonds. The number of aromatic nitrogens is 4. The molecule has 0 atom stereocenters. The minimum atomic E-state index is -0.210. The third-order valence-electron chi connectivity index (χ3n) is 3.31. The fraction of sp³-hybridized carbons (Fsp3) is 0.176. The van der Waals surface area contributed by atoms with Crippen molar-refractivity contribution in [2.45, 2.75) is 19.9 Å². The van der Waals surface area contributed by atoms with E-state index in [-0.39, 0.29) is 11.9 Å².